The van der Waals surface area contributed by atoms with Gasteiger partial charge in [-0.25, -0.2) is 0 Å². The van der Waals surface area contributed by atoms with Crippen LogP contribution in [0.25, 0.3) is 0 Å². The van der Waals surface area contributed by atoms with Gasteiger partial charge in [-0.05, 0) is 25.8 Å². The van der Waals surface area contributed by atoms with Gasteiger partial charge in [-0.2, -0.15) is 5.10 Å². The third-order valence-corrected chi connectivity index (χ3v) is 3.30. The summed E-state index contributed by atoms with van der Waals surface area (Å²) in [4.78, 5) is 15.8. The van der Waals surface area contributed by atoms with E-state index in [0.29, 0.717) is 13.0 Å². The van der Waals surface area contributed by atoms with Crippen molar-refractivity contribution in [3.63, 3.8) is 0 Å². The van der Waals surface area contributed by atoms with Crippen molar-refractivity contribution < 1.29 is 4.79 Å². The SMILES string of the molecule is CCC(C)NC(=O)CCNC(=NC)NCCCn1cccn1. The second-order valence-electron chi connectivity index (χ2n) is 5.18. The zero-order valence-corrected chi connectivity index (χ0v) is 13.8. The minimum atomic E-state index is 0.0657. The molecule has 1 amide bonds. The number of aromatic nitrogens is 2. The quantitative estimate of drug-likeness (QED) is 0.357. The highest BCUT2D eigenvalue weighted by Gasteiger charge is 2.05. The summed E-state index contributed by atoms with van der Waals surface area (Å²) >= 11 is 0. The maximum atomic E-state index is 11.7. The lowest BCUT2D eigenvalue weighted by Crippen LogP contribution is -2.40. The smallest absolute Gasteiger partial charge is 0.221 e. The van der Waals surface area contributed by atoms with Gasteiger partial charge in [0.1, 0.15) is 0 Å². The van der Waals surface area contributed by atoms with Crippen molar-refractivity contribution in [3.05, 3.63) is 18.5 Å². The number of carbonyl (C=O) groups excluding carboxylic acids is 1. The van der Waals surface area contributed by atoms with Crippen molar-refractivity contribution in [2.45, 2.75) is 45.7 Å². The van der Waals surface area contributed by atoms with Gasteiger partial charge in [0.2, 0.25) is 5.91 Å². The van der Waals surface area contributed by atoms with E-state index < -0.39 is 0 Å². The highest BCUT2D eigenvalue weighted by molar-refractivity contribution is 5.81. The average molecular weight is 308 g/mol. The number of aliphatic imine (C=N–C) groups is 1. The number of amides is 1. The van der Waals surface area contributed by atoms with Crippen LogP contribution < -0.4 is 16.0 Å². The van der Waals surface area contributed by atoms with Crippen molar-refractivity contribution in [2.75, 3.05) is 20.1 Å². The van der Waals surface area contributed by atoms with Crippen LogP contribution in [0.1, 0.15) is 33.1 Å². The molecule has 0 aliphatic rings. The molecule has 7 nitrogen and oxygen atoms in total. The first-order valence-electron chi connectivity index (χ1n) is 7.87. The number of guanidine groups is 1. The van der Waals surface area contributed by atoms with Crippen LogP contribution in [0.15, 0.2) is 23.5 Å². The van der Waals surface area contributed by atoms with E-state index in [1.807, 2.05) is 23.9 Å². The Morgan fingerprint density at radius 2 is 2.14 bits per heavy atom. The van der Waals surface area contributed by atoms with E-state index in [0.717, 1.165) is 31.9 Å². The summed E-state index contributed by atoms with van der Waals surface area (Å²) in [6.45, 7) is 6.30. The van der Waals surface area contributed by atoms with E-state index in [1.165, 1.54) is 0 Å². The average Bonchev–Trinajstić information content (AvgIpc) is 3.02. The zero-order chi connectivity index (χ0) is 16.2. The van der Waals surface area contributed by atoms with E-state index in [4.69, 9.17) is 0 Å². The fourth-order valence-electron chi connectivity index (χ4n) is 1.84. The highest BCUT2D eigenvalue weighted by atomic mass is 16.1. The predicted molar refractivity (Wildman–Crippen MR) is 88.7 cm³/mol. The number of rotatable bonds is 9. The van der Waals surface area contributed by atoms with Gasteiger partial charge in [0.05, 0.1) is 0 Å². The number of nitrogens with zero attached hydrogens (tertiary/aromatic N) is 3. The largest absolute Gasteiger partial charge is 0.356 e. The molecule has 124 valence electrons. The first-order valence-corrected chi connectivity index (χ1v) is 7.87. The molecule has 1 atom stereocenters. The Morgan fingerprint density at radius 1 is 1.36 bits per heavy atom. The fourth-order valence-corrected chi connectivity index (χ4v) is 1.84. The van der Waals surface area contributed by atoms with Crippen molar-refractivity contribution in [1.29, 1.82) is 0 Å². The van der Waals surface area contributed by atoms with Crippen molar-refractivity contribution in [1.82, 2.24) is 25.7 Å². The van der Waals surface area contributed by atoms with Crippen LogP contribution in [0.4, 0.5) is 0 Å². The lowest BCUT2D eigenvalue weighted by atomic mass is 10.2. The summed E-state index contributed by atoms with van der Waals surface area (Å²) in [6.07, 6.45) is 6.06. The fraction of sp³-hybridized carbons (Fsp3) is 0.667. The van der Waals surface area contributed by atoms with Crippen LogP contribution in [0.2, 0.25) is 0 Å². The summed E-state index contributed by atoms with van der Waals surface area (Å²) in [7, 11) is 1.72. The molecular formula is C15H28N6O. The highest BCUT2D eigenvalue weighted by Crippen LogP contribution is 1.90. The van der Waals surface area contributed by atoms with E-state index >= 15 is 0 Å². The molecule has 22 heavy (non-hydrogen) atoms. The summed E-state index contributed by atoms with van der Waals surface area (Å²) < 4.78 is 1.90. The molecule has 1 aromatic heterocycles. The summed E-state index contributed by atoms with van der Waals surface area (Å²) in [5.74, 6) is 0.785. The van der Waals surface area contributed by atoms with Crippen molar-refractivity contribution in [2.24, 2.45) is 4.99 Å². The van der Waals surface area contributed by atoms with Crippen LogP contribution in [-0.2, 0) is 11.3 Å². The van der Waals surface area contributed by atoms with E-state index in [9.17, 15) is 4.79 Å². The Labute approximate surface area is 132 Å². The van der Waals surface area contributed by atoms with Crippen LogP contribution >= 0.6 is 0 Å². The van der Waals surface area contributed by atoms with Crippen LogP contribution in [0.5, 0.6) is 0 Å². The van der Waals surface area contributed by atoms with Gasteiger partial charge in [0.25, 0.3) is 0 Å². The number of carbonyl (C=O) groups is 1. The van der Waals surface area contributed by atoms with E-state index in [-0.39, 0.29) is 11.9 Å². The minimum absolute atomic E-state index is 0.0657. The van der Waals surface area contributed by atoms with Gasteiger partial charge in [-0.15, -0.1) is 0 Å². The first-order chi connectivity index (χ1) is 10.7. The monoisotopic (exact) mass is 308 g/mol. The van der Waals surface area contributed by atoms with Crippen molar-refractivity contribution >= 4 is 11.9 Å². The Hall–Kier alpha value is -2.05. The molecule has 0 aromatic carbocycles. The summed E-state index contributed by atoms with van der Waals surface area (Å²) in [5, 5.41) is 13.5. The van der Waals surface area contributed by atoms with Crippen LogP contribution in [0, 0.1) is 0 Å². The Bertz CT molecular complexity index is 443. The van der Waals surface area contributed by atoms with E-state index in [1.54, 1.807) is 13.2 Å². The Kier molecular flexibility index (Phi) is 8.71. The molecule has 7 heteroatoms. The van der Waals surface area contributed by atoms with Gasteiger partial charge in [0, 0.05) is 51.5 Å². The maximum Gasteiger partial charge on any atom is 0.221 e. The molecule has 0 radical (unpaired) electrons. The maximum absolute atomic E-state index is 11.7. The van der Waals surface area contributed by atoms with Gasteiger partial charge < -0.3 is 16.0 Å². The molecule has 3 N–H and O–H groups in total. The predicted octanol–water partition coefficient (Wildman–Crippen LogP) is 0.743. The lowest BCUT2D eigenvalue weighted by molar-refractivity contribution is -0.121. The van der Waals surface area contributed by atoms with Crippen LogP contribution in [-0.4, -0.2) is 47.8 Å². The van der Waals surface area contributed by atoms with Gasteiger partial charge >= 0.3 is 0 Å². The second kappa shape index (κ2) is 10.6. The molecule has 0 saturated heterocycles. The molecule has 0 fully saturated rings. The van der Waals surface area contributed by atoms with Gasteiger partial charge in [0.15, 0.2) is 5.96 Å². The third-order valence-electron chi connectivity index (χ3n) is 3.30. The number of hydrogen-bond acceptors (Lipinski definition) is 3. The molecule has 0 aliphatic heterocycles. The summed E-state index contributed by atoms with van der Waals surface area (Å²) in [6, 6.07) is 2.14. The number of hydrogen-bond donors (Lipinski definition) is 3. The first kappa shape index (κ1) is 18.0. The van der Waals surface area contributed by atoms with Crippen molar-refractivity contribution in [3.8, 4) is 0 Å². The lowest BCUT2D eigenvalue weighted by Gasteiger charge is -2.13. The summed E-state index contributed by atoms with van der Waals surface area (Å²) in [5.41, 5.74) is 0. The molecule has 1 heterocycles. The van der Waals surface area contributed by atoms with Gasteiger partial charge in [-0.3, -0.25) is 14.5 Å². The standard InChI is InChI=1S/C15H28N6O/c1-4-13(2)20-14(22)7-10-18-15(16-3)17-8-5-11-21-12-6-9-19-21/h6,9,12-13H,4-5,7-8,10-11H2,1-3H3,(H,20,22)(H2,16,17,18). The minimum Gasteiger partial charge on any atom is -0.356 e. The van der Waals surface area contributed by atoms with E-state index in [2.05, 4.69) is 33.0 Å². The van der Waals surface area contributed by atoms with Gasteiger partial charge in [-0.1, -0.05) is 6.92 Å². The number of aryl methyl sites for hydroxylation is 1. The Balaban J connectivity index is 2.10. The molecule has 1 aromatic rings. The molecule has 1 rings (SSSR count). The molecular weight excluding hydrogens is 280 g/mol. The molecule has 0 bridgehead atoms. The number of nitrogens with one attached hydrogen (secondary N) is 3. The third kappa shape index (κ3) is 7.66. The normalized spacial score (nSPS) is 12.8. The topological polar surface area (TPSA) is 83.3 Å². The Morgan fingerprint density at radius 3 is 2.77 bits per heavy atom. The molecule has 0 saturated carbocycles. The molecule has 1 unspecified atom stereocenters. The molecule has 0 aliphatic carbocycles. The van der Waals surface area contributed by atoms with Crippen LogP contribution in [0.3, 0.4) is 0 Å². The zero-order valence-electron chi connectivity index (χ0n) is 13.8. The molecule has 0 spiro atoms. The second-order valence-corrected chi connectivity index (χ2v) is 5.18.